The van der Waals surface area contributed by atoms with Crippen LogP contribution in [0.2, 0.25) is 5.02 Å². The molecular formula is C17H12ClN3OS. The van der Waals surface area contributed by atoms with Crippen LogP contribution in [0.1, 0.15) is 5.89 Å². The lowest BCUT2D eigenvalue weighted by atomic mass is 10.3. The highest BCUT2D eigenvalue weighted by molar-refractivity contribution is 7.98. The monoisotopic (exact) mass is 341 g/mol. The molecule has 0 fully saturated rings. The summed E-state index contributed by atoms with van der Waals surface area (Å²) in [5.74, 6) is 1.31. The molecule has 0 spiro atoms. The SMILES string of the molecule is Clc1cccc(-n2ccnc2SCc2nc3ccccc3o2)c1. The number of thioether (sulfide) groups is 1. The number of oxazole rings is 1. The van der Waals surface area contributed by atoms with Crippen molar-refractivity contribution in [1.29, 1.82) is 0 Å². The molecule has 4 nitrogen and oxygen atoms in total. The summed E-state index contributed by atoms with van der Waals surface area (Å²) >= 11 is 7.64. The third-order valence-corrected chi connectivity index (χ3v) is 4.54. The number of nitrogens with zero attached hydrogens (tertiary/aromatic N) is 3. The minimum atomic E-state index is 0.617. The van der Waals surface area contributed by atoms with Gasteiger partial charge in [0.05, 0.1) is 5.75 Å². The Morgan fingerprint density at radius 1 is 1.13 bits per heavy atom. The highest BCUT2D eigenvalue weighted by atomic mass is 35.5. The van der Waals surface area contributed by atoms with Crippen molar-refractivity contribution in [2.45, 2.75) is 10.9 Å². The number of para-hydroxylation sites is 2. The molecule has 2 heterocycles. The van der Waals surface area contributed by atoms with Crippen molar-refractivity contribution in [1.82, 2.24) is 14.5 Å². The number of imidazole rings is 1. The summed E-state index contributed by atoms with van der Waals surface area (Å²) in [4.78, 5) is 8.89. The van der Waals surface area contributed by atoms with E-state index in [-0.39, 0.29) is 0 Å². The highest BCUT2D eigenvalue weighted by Gasteiger charge is 2.10. The molecule has 0 radical (unpaired) electrons. The molecule has 0 aliphatic carbocycles. The van der Waals surface area contributed by atoms with Crippen LogP contribution >= 0.6 is 23.4 Å². The van der Waals surface area contributed by atoms with Crippen LogP contribution in [-0.4, -0.2) is 14.5 Å². The molecule has 4 rings (SSSR count). The van der Waals surface area contributed by atoms with E-state index in [1.54, 1.807) is 18.0 Å². The smallest absolute Gasteiger partial charge is 0.205 e. The van der Waals surface area contributed by atoms with Gasteiger partial charge in [0.2, 0.25) is 5.89 Å². The number of aromatic nitrogens is 3. The van der Waals surface area contributed by atoms with Crippen LogP contribution in [0.25, 0.3) is 16.8 Å². The van der Waals surface area contributed by atoms with Gasteiger partial charge in [0, 0.05) is 23.1 Å². The van der Waals surface area contributed by atoms with Crippen LogP contribution < -0.4 is 0 Å². The third-order valence-electron chi connectivity index (χ3n) is 3.36. The lowest BCUT2D eigenvalue weighted by molar-refractivity contribution is 0.556. The quantitative estimate of drug-likeness (QED) is 0.492. The van der Waals surface area contributed by atoms with E-state index >= 15 is 0 Å². The van der Waals surface area contributed by atoms with Gasteiger partial charge in [-0.25, -0.2) is 9.97 Å². The Bertz CT molecular complexity index is 930. The fourth-order valence-electron chi connectivity index (χ4n) is 2.33. The van der Waals surface area contributed by atoms with Crippen molar-refractivity contribution in [3.8, 4) is 5.69 Å². The van der Waals surface area contributed by atoms with Gasteiger partial charge in [0.25, 0.3) is 0 Å². The second-order valence-corrected chi connectivity index (χ2v) is 6.30. The van der Waals surface area contributed by atoms with Crippen molar-refractivity contribution in [2.24, 2.45) is 0 Å². The van der Waals surface area contributed by atoms with Gasteiger partial charge < -0.3 is 4.42 Å². The second-order valence-electron chi connectivity index (χ2n) is 4.92. The first kappa shape index (κ1) is 14.4. The number of rotatable bonds is 4. The molecule has 6 heteroatoms. The first-order valence-corrected chi connectivity index (χ1v) is 8.42. The van der Waals surface area contributed by atoms with E-state index in [2.05, 4.69) is 9.97 Å². The van der Waals surface area contributed by atoms with Gasteiger partial charge in [-0.2, -0.15) is 0 Å². The molecule has 0 aliphatic heterocycles. The van der Waals surface area contributed by atoms with E-state index in [1.807, 2.05) is 59.3 Å². The maximum absolute atomic E-state index is 6.07. The fourth-order valence-corrected chi connectivity index (χ4v) is 3.33. The normalized spacial score (nSPS) is 11.2. The van der Waals surface area contributed by atoms with E-state index in [0.717, 1.165) is 21.9 Å². The van der Waals surface area contributed by atoms with Crippen molar-refractivity contribution >= 4 is 34.5 Å². The summed E-state index contributed by atoms with van der Waals surface area (Å²) in [5.41, 5.74) is 2.66. The molecule has 0 amide bonds. The molecule has 4 aromatic rings. The van der Waals surface area contributed by atoms with E-state index in [1.165, 1.54) is 0 Å². The molecule has 0 aliphatic rings. The molecule has 0 atom stereocenters. The van der Waals surface area contributed by atoms with Crippen LogP contribution in [0.4, 0.5) is 0 Å². The van der Waals surface area contributed by atoms with Crippen molar-refractivity contribution < 1.29 is 4.42 Å². The zero-order chi connectivity index (χ0) is 15.6. The zero-order valence-corrected chi connectivity index (χ0v) is 13.6. The Kier molecular flexibility index (Phi) is 3.81. The van der Waals surface area contributed by atoms with Gasteiger partial charge in [-0.1, -0.05) is 41.6 Å². The van der Waals surface area contributed by atoms with E-state index in [0.29, 0.717) is 16.7 Å². The summed E-state index contributed by atoms with van der Waals surface area (Å²) < 4.78 is 7.74. The standard InChI is InChI=1S/C17H12ClN3OS/c18-12-4-3-5-13(10-12)21-9-8-19-17(21)23-11-16-20-14-6-1-2-7-15(14)22-16/h1-10H,11H2. The lowest BCUT2D eigenvalue weighted by Gasteiger charge is -2.06. The molecular weight excluding hydrogens is 330 g/mol. The van der Waals surface area contributed by atoms with Gasteiger partial charge in [0.1, 0.15) is 5.52 Å². The first-order valence-electron chi connectivity index (χ1n) is 7.06. The number of fused-ring (bicyclic) bond motifs is 1. The van der Waals surface area contributed by atoms with Gasteiger partial charge in [-0.3, -0.25) is 4.57 Å². The van der Waals surface area contributed by atoms with Gasteiger partial charge >= 0.3 is 0 Å². The van der Waals surface area contributed by atoms with E-state index < -0.39 is 0 Å². The maximum Gasteiger partial charge on any atom is 0.205 e. The van der Waals surface area contributed by atoms with Crippen LogP contribution in [0.15, 0.2) is 70.5 Å². The van der Waals surface area contributed by atoms with Crippen LogP contribution in [0, 0.1) is 0 Å². The number of hydrogen-bond donors (Lipinski definition) is 0. The summed E-state index contributed by atoms with van der Waals surface area (Å²) in [6, 6.07) is 15.4. The third kappa shape index (κ3) is 2.98. The summed E-state index contributed by atoms with van der Waals surface area (Å²) in [6.07, 6.45) is 3.69. The Morgan fingerprint density at radius 2 is 2.04 bits per heavy atom. The van der Waals surface area contributed by atoms with E-state index in [4.69, 9.17) is 16.0 Å². The number of halogens is 1. The van der Waals surface area contributed by atoms with Crippen LogP contribution in [0.5, 0.6) is 0 Å². The van der Waals surface area contributed by atoms with Gasteiger partial charge in [0.15, 0.2) is 10.7 Å². The highest BCUT2D eigenvalue weighted by Crippen LogP contribution is 2.26. The summed E-state index contributed by atoms with van der Waals surface area (Å²) in [5, 5.41) is 1.57. The zero-order valence-electron chi connectivity index (χ0n) is 12.0. The first-order chi connectivity index (χ1) is 11.3. The molecule has 114 valence electrons. The van der Waals surface area contributed by atoms with Gasteiger partial charge in [-0.05, 0) is 30.3 Å². The van der Waals surface area contributed by atoms with Crippen LogP contribution in [-0.2, 0) is 5.75 Å². The number of benzene rings is 2. The Hall–Kier alpha value is -2.24. The molecule has 0 saturated heterocycles. The summed E-state index contributed by atoms with van der Waals surface area (Å²) in [7, 11) is 0. The minimum absolute atomic E-state index is 0.617. The van der Waals surface area contributed by atoms with Crippen LogP contribution in [0.3, 0.4) is 0 Å². The lowest BCUT2D eigenvalue weighted by Crippen LogP contribution is -1.95. The fraction of sp³-hybridized carbons (Fsp3) is 0.0588. The predicted molar refractivity (Wildman–Crippen MR) is 92.1 cm³/mol. The Balaban J connectivity index is 1.57. The Morgan fingerprint density at radius 3 is 2.91 bits per heavy atom. The van der Waals surface area contributed by atoms with Gasteiger partial charge in [-0.15, -0.1) is 0 Å². The minimum Gasteiger partial charge on any atom is -0.440 e. The molecule has 0 saturated carbocycles. The average Bonchev–Trinajstić information content (AvgIpc) is 3.19. The maximum atomic E-state index is 6.07. The molecule has 0 bridgehead atoms. The number of hydrogen-bond acceptors (Lipinski definition) is 4. The van der Waals surface area contributed by atoms with Crippen molar-refractivity contribution in [3.05, 3.63) is 71.8 Å². The topological polar surface area (TPSA) is 43.9 Å². The molecule has 0 N–H and O–H groups in total. The predicted octanol–water partition coefficient (Wildman–Crippen LogP) is 4.96. The molecule has 0 unspecified atom stereocenters. The summed E-state index contributed by atoms with van der Waals surface area (Å²) in [6.45, 7) is 0. The van der Waals surface area contributed by atoms with Crippen molar-refractivity contribution in [2.75, 3.05) is 0 Å². The molecule has 23 heavy (non-hydrogen) atoms. The van der Waals surface area contributed by atoms with E-state index in [9.17, 15) is 0 Å². The largest absolute Gasteiger partial charge is 0.440 e. The molecule has 2 aromatic carbocycles. The Labute approximate surface area is 142 Å². The second kappa shape index (κ2) is 6.10. The average molecular weight is 342 g/mol. The molecule has 2 aromatic heterocycles. The van der Waals surface area contributed by atoms with Crippen molar-refractivity contribution in [3.63, 3.8) is 0 Å².